The summed E-state index contributed by atoms with van der Waals surface area (Å²) in [6, 6.07) is 15.5. The first-order chi connectivity index (χ1) is 15.4. The van der Waals surface area contributed by atoms with Gasteiger partial charge < -0.3 is 10.2 Å². The van der Waals surface area contributed by atoms with Crippen molar-refractivity contribution in [3.05, 3.63) is 64.7 Å². The van der Waals surface area contributed by atoms with E-state index in [1.165, 1.54) is 12.0 Å². The fourth-order valence-electron chi connectivity index (χ4n) is 4.02. The van der Waals surface area contributed by atoms with Gasteiger partial charge in [0.05, 0.1) is 0 Å². The lowest BCUT2D eigenvalue weighted by Gasteiger charge is -2.31. The SMILES string of the molecule is Cc1ccc(SCCC(=O)N(Cc2cccc(Cl)c2)C(C)C(=O)NC2CCCCC2)cc1. The van der Waals surface area contributed by atoms with Crippen molar-refractivity contribution < 1.29 is 9.59 Å². The molecule has 1 aliphatic carbocycles. The second-order valence-corrected chi connectivity index (χ2v) is 10.2. The number of hydrogen-bond acceptors (Lipinski definition) is 3. The molecule has 0 saturated heterocycles. The lowest BCUT2D eigenvalue weighted by Crippen LogP contribution is -2.50. The first kappa shape index (κ1) is 24.7. The number of nitrogens with one attached hydrogen (secondary N) is 1. The van der Waals surface area contributed by atoms with Crippen LogP contribution in [0.1, 0.15) is 56.6 Å². The van der Waals surface area contributed by atoms with Crippen LogP contribution < -0.4 is 5.32 Å². The average Bonchev–Trinajstić information content (AvgIpc) is 2.79. The topological polar surface area (TPSA) is 49.4 Å². The van der Waals surface area contributed by atoms with E-state index >= 15 is 0 Å². The third-order valence-corrected chi connectivity index (χ3v) is 7.22. The number of amides is 2. The summed E-state index contributed by atoms with van der Waals surface area (Å²) in [5.74, 6) is 0.583. The fourth-order valence-corrected chi connectivity index (χ4v) is 5.07. The first-order valence-corrected chi connectivity index (χ1v) is 12.8. The van der Waals surface area contributed by atoms with Gasteiger partial charge in [-0.15, -0.1) is 11.8 Å². The van der Waals surface area contributed by atoms with Crippen LogP contribution in [0.5, 0.6) is 0 Å². The molecule has 0 spiro atoms. The van der Waals surface area contributed by atoms with Gasteiger partial charge in [-0.2, -0.15) is 0 Å². The average molecular weight is 473 g/mol. The van der Waals surface area contributed by atoms with Crippen LogP contribution >= 0.6 is 23.4 Å². The molecule has 1 N–H and O–H groups in total. The van der Waals surface area contributed by atoms with Gasteiger partial charge in [0.2, 0.25) is 11.8 Å². The van der Waals surface area contributed by atoms with Gasteiger partial charge in [0.25, 0.3) is 0 Å². The van der Waals surface area contributed by atoms with Gasteiger partial charge in [-0.1, -0.05) is 60.7 Å². The van der Waals surface area contributed by atoms with Gasteiger partial charge in [-0.05, 0) is 56.5 Å². The van der Waals surface area contributed by atoms with Crippen molar-refractivity contribution in [1.29, 1.82) is 0 Å². The Morgan fingerprint density at radius 2 is 1.84 bits per heavy atom. The highest BCUT2D eigenvalue weighted by Gasteiger charge is 2.28. The molecule has 1 aliphatic rings. The van der Waals surface area contributed by atoms with Crippen LogP contribution in [0.25, 0.3) is 0 Å². The number of carbonyl (C=O) groups excluding carboxylic acids is 2. The van der Waals surface area contributed by atoms with Crippen molar-refractivity contribution >= 4 is 35.2 Å². The summed E-state index contributed by atoms with van der Waals surface area (Å²) in [6.07, 6.45) is 5.96. The number of thioether (sulfide) groups is 1. The maximum absolute atomic E-state index is 13.2. The molecule has 2 aromatic carbocycles. The molecule has 2 amide bonds. The lowest BCUT2D eigenvalue weighted by atomic mass is 9.95. The molecule has 0 heterocycles. The largest absolute Gasteiger partial charge is 0.352 e. The van der Waals surface area contributed by atoms with E-state index < -0.39 is 6.04 Å². The van der Waals surface area contributed by atoms with Crippen LogP contribution in [0.3, 0.4) is 0 Å². The van der Waals surface area contributed by atoms with Gasteiger partial charge in [0.15, 0.2) is 0 Å². The molecule has 4 nitrogen and oxygen atoms in total. The fraction of sp³-hybridized carbons (Fsp3) is 0.462. The molecule has 0 radical (unpaired) electrons. The van der Waals surface area contributed by atoms with Crippen LogP contribution in [0.4, 0.5) is 0 Å². The predicted octanol–water partition coefficient (Wildman–Crippen LogP) is 6.00. The third-order valence-electron chi connectivity index (χ3n) is 5.97. The molecular weight excluding hydrogens is 440 g/mol. The zero-order chi connectivity index (χ0) is 22.9. The van der Waals surface area contributed by atoms with Gasteiger partial charge in [0, 0.05) is 34.7 Å². The summed E-state index contributed by atoms with van der Waals surface area (Å²) in [4.78, 5) is 29.1. The first-order valence-electron chi connectivity index (χ1n) is 11.5. The summed E-state index contributed by atoms with van der Waals surface area (Å²) >= 11 is 7.82. The smallest absolute Gasteiger partial charge is 0.242 e. The Labute approximate surface area is 201 Å². The molecule has 1 unspecified atom stereocenters. The minimum atomic E-state index is -0.534. The van der Waals surface area contributed by atoms with E-state index in [1.54, 1.807) is 16.7 Å². The maximum Gasteiger partial charge on any atom is 0.242 e. The van der Waals surface area contributed by atoms with Crippen molar-refractivity contribution in [2.75, 3.05) is 5.75 Å². The van der Waals surface area contributed by atoms with Gasteiger partial charge in [-0.25, -0.2) is 0 Å². The van der Waals surface area contributed by atoms with E-state index in [0.717, 1.165) is 36.1 Å². The van der Waals surface area contributed by atoms with Crippen LogP contribution in [-0.2, 0) is 16.1 Å². The highest BCUT2D eigenvalue weighted by Crippen LogP contribution is 2.22. The molecule has 0 bridgehead atoms. The molecule has 3 rings (SSSR count). The van der Waals surface area contributed by atoms with Crippen molar-refractivity contribution in [2.24, 2.45) is 0 Å². The second-order valence-electron chi connectivity index (χ2n) is 8.58. The minimum absolute atomic E-state index is 0.0177. The van der Waals surface area contributed by atoms with Crippen molar-refractivity contribution in [1.82, 2.24) is 10.2 Å². The number of halogens is 1. The molecule has 0 aliphatic heterocycles. The van der Waals surface area contributed by atoms with Crippen LogP contribution in [0.15, 0.2) is 53.4 Å². The Morgan fingerprint density at radius 1 is 1.12 bits per heavy atom. The Morgan fingerprint density at radius 3 is 2.53 bits per heavy atom. The molecule has 1 saturated carbocycles. The number of aryl methyl sites for hydroxylation is 1. The number of hydrogen-bond donors (Lipinski definition) is 1. The quantitative estimate of drug-likeness (QED) is 0.455. The Balaban J connectivity index is 1.64. The highest BCUT2D eigenvalue weighted by atomic mass is 35.5. The maximum atomic E-state index is 13.2. The van der Waals surface area contributed by atoms with Crippen LogP contribution in [0, 0.1) is 6.92 Å². The highest BCUT2D eigenvalue weighted by molar-refractivity contribution is 7.99. The Hall–Kier alpha value is -1.98. The minimum Gasteiger partial charge on any atom is -0.352 e. The Kier molecular flexibility index (Phi) is 9.49. The summed E-state index contributed by atoms with van der Waals surface area (Å²) in [5.41, 5.74) is 2.14. The van der Waals surface area contributed by atoms with Crippen LogP contribution in [0.2, 0.25) is 5.02 Å². The molecule has 1 fully saturated rings. The van der Waals surface area contributed by atoms with E-state index in [2.05, 4.69) is 36.5 Å². The van der Waals surface area contributed by atoms with E-state index in [-0.39, 0.29) is 17.9 Å². The van der Waals surface area contributed by atoms with Crippen molar-refractivity contribution in [3.63, 3.8) is 0 Å². The molecular formula is C26H33ClN2O2S. The van der Waals surface area contributed by atoms with E-state index in [9.17, 15) is 9.59 Å². The lowest BCUT2D eigenvalue weighted by molar-refractivity contribution is -0.140. The van der Waals surface area contributed by atoms with E-state index in [0.29, 0.717) is 23.7 Å². The summed E-state index contributed by atoms with van der Waals surface area (Å²) in [6.45, 7) is 4.26. The van der Waals surface area contributed by atoms with Gasteiger partial charge in [-0.3, -0.25) is 9.59 Å². The summed E-state index contributed by atoms with van der Waals surface area (Å²) in [7, 11) is 0. The third kappa shape index (κ3) is 7.56. The number of rotatable bonds is 9. The Bertz CT molecular complexity index is 897. The normalized spacial score (nSPS) is 15.2. The number of nitrogens with zero attached hydrogens (tertiary/aromatic N) is 1. The second kappa shape index (κ2) is 12.3. The number of carbonyl (C=O) groups is 2. The monoisotopic (exact) mass is 472 g/mol. The van der Waals surface area contributed by atoms with Crippen LogP contribution in [-0.4, -0.2) is 34.6 Å². The van der Waals surface area contributed by atoms with Crippen molar-refractivity contribution in [2.45, 2.75) is 75.9 Å². The number of benzene rings is 2. The summed E-state index contributed by atoms with van der Waals surface area (Å²) in [5, 5.41) is 3.80. The summed E-state index contributed by atoms with van der Waals surface area (Å²) < 4.78 is 0. The zero-order valence-electron chi connectivity index (χ0n) is 19.0. The molecule has 6 heteroatoms. The zero-order valence-corrected chi connectivity index (χ0v) is 20.6. The molecule has 1 atom stereocenters. The molecule has 0 aromatic heterocycles. The standard InChI is InChI=1S/C26H33ClN2O2S/c1-19-11-13-24(14-12-19)32-16-15-25(30)29(18-21-7-6-8-22(27)17-21)20(2)26(31)28-23-9-4-3-5-10-23/h6-8,11-14,17,20,23H,3-5,9-10,15-16,18H2,1-2H3,(H,28,31). The predicted molar refractivity (Wildman–Crippen MR) is 133 cm³/mol. The van der Waals surface area contributed by atoms with Gasteiger partial charge >= 0.3 is 0 Å². The van der Waals surface area contributed by atoms with Gasteiger partial charge in [0.1, 0.15) is 6.04 Å². The van der Waals surface area contributed by atoms with E-state index in [1.807, 2.05) is 31.2 Å². The van der Waals surface area contributed by atoms with Crippen molar-refractivity contribution in [3.8, 4) is 0 Å². The molecule has 32 heavy (non-hydrogen) atoms. The molecule has 172 valence electrons. The molecule has 2 aromatic rings. The van der Waals surface area contributed by atoms with E-state index in [4.69, 9.17) is 11.6 Å².